The normalized spacial score (nSPS) is 10.7. The van der Waals surface area contributed by atoms with Crippen molar-refractivity contribution in [2.24, 2.45) is 0 Å². The number of fused-ring (bicyclic) bond motifs is 1. The van der Waals surface area contributed by atoms with Crippen LogP contribution in [0.15, 0.2) is 48.5 Å². The van der Waals surface area contributed by atoms with E-state index >= 15 is 0 Å². The summed E-state index contributed by atoms with van der Waals surface area (Å²) in [6.45, 7) is 0. The van der Waals surface area contributed by atoms with Crippen molar-refractivity contribution in [1.82, 2.24) is 9.97 Å². The second-order valence-corrected chi connectivity index (χ2v) is 4.41. The predicted molar refractivity (Wildman–Crippen MR) is 77.3 cm³/mol. The minimum Gasteiger partial charge on any atom is -0.324 e. The molecule has 0 aliphatic heterocycles. The molecular weight excluding hydrogens is 256 g/mol. The van der Waals surface area contributed by atoms with Crippen LogP contribution in [0.1, 0.15) is 0 Å². The summed E-state index contributed by atoms with van der Waals surface area (Å²) < 4.78 is 0. The van der Waals surface area contributed by atoms with Gasteiger partial charge in [0.25, 0.3) is 5.69 Å². The lowest BCUT2D eigenvalue weighted by Gasteiger charge is -2.15. The molecule has 0 aliphatic rings. The van der Waals surface area contributed by atoms with Crippen molar-refractivity contribution in [2.45, 2.75) is 0 Å². The number of benzene rings is 2. The first kappa shape index (κ1) is 12.2. The lowest BCUT2D eigenvalue weighted by Crippen LogP contribution is -2.10. The second-order valence-electron chi connectivity index (χ2n) is 4.41. The molecule has 0 amide bonds. The number of H-pyrrole nitrogens is 1. The Morgan fingerprint density at radius 2 is 1.85 bits per heavy atom. The third-order valence-corrected chi connectivity index (χ3v) is 3.14. The number of nitrogens with zero attached hydrogens (tertiary/aromatic N) is 3. The summed E-state index contributed by atoms with van der Waals surface area (Å²) in [6.07, 6.45) is 0. The number of non-ortho nitro benzene ring substituents is 1. The zero-order valence-electron chi connectivity index (χ0n) is 10.8. The van der Waals surface area contributed by atoms with E-state index in [2.05, 4.69) is 9.97 Å². The van der Waals surface area contributed by atoms with Gasteiger partial charge < -0.3 is 9.88 Å². The number of para-hydroxylation sites is 2. The van der Waals surface area contributed by atoms with E-state index in [0.29, 0.717) is 5.95 Å². The van der Waals surface area contributed by atoms with Gasteiger partial charge in [0, 0.05) is 24.9 Å². The number of aromatic nitrogens is 2. The number of anilines is 2. The lowest BCUT2D eigenvalue weighted by molar-refractivity contribution is -0.384. The topological polar surface area (TPSA) is 75.1 Å². The first-order valence-corrected chi connectivity index (χ1v) is 6.08. The minimum atomic E-state index is -0.412. The van der Waals surface area contributed by atoms with Gasteiger partial charge in [-0.05, 0) is 24.3 Å². The average Bonchev–Trinajstić information content (AvgIpc) is 2.90. The number of nitro groups is 1. The van der Waals surface area contributed by atoms with Crippen LogP contribution in [-0.4, -0.2) is 21.9 Å². The van der Waals surface area contributed by atoms with Crippen molar-refractivity contribution in [3.8, 4) is 0 Å². The molecule has 0 atom stereocenters. The van der Waals surface area contributed by atoms with Crippen molar-refractivity contribution < 1.29 is 4.92 Å². The molecule has 0 saturated carbocycles. The van der Waals surface area contributed by atoms with Gasteiger partial charge in [-0.2, -0.15) is 0 Å². The highest BCUT2D eigenvalue weighted by molar-refractivity contribution is 5.78. The number of aromatic amines is 1. The molecule has 1 heterocycles. The Morgan fingerprint density at radius 1 is 1.15 bits per heavy atom. The number of nitro benzene ring substituents is 1. The fourth-order valence-corrected chi connectivity index (χ4v) is 2.02. The van der Waals surface area contributed by atoms with Gasteiger partial charge >= 0.3 is 0 Å². The van der Waals surface area contributed by atoms with Crippen LogP contribution in [0.2, 0.25) is 0 Å². The SMILES string of the molecule is CN(c1ccc([N+](=O)[O-])cc1)c1nc2ccccc2[nH]1. The summed E-state index contributed by atoms with van der Waals surface area (Å²) in [5.74, 6) is 0.694. The van der Waals surface area contributed by atoms with Crippen LogP contribution in [0.5, 0.6) is 0 Å². The molecule has 0 spiro atoms. The smallest absolute Gasteiger partial charge is 0.269 e. The molecule has 100 valence electrons. The van der Waals surface area contributed by atoms with Crippen molar-refractivity contribution >= 4 is 28.4 Å². The van der Waals surface area contributed by atoms with E-state index in [1.807, 2.05) is 36.2 Å². The highest BCUT2D eigenvalue weighted by Crippen LogP contribution is 2.25. The lowest BCUT2D eigenvalue weighted by atomic mass is 10.3. The number of nitrogens with one attached hydrogen (secondary N) is 1. The summed E-state index contributed by atoms with van der Waals surface area (Å²) in [7, 11) is 1.86. The number of imidazole rings is 1. The maximum Gasteiger partial charge on any atom is 0.269 e. The van der Waals surface area contributed by atoms with Crippen molar-refractivity contribution in [3.05, 3.63) is 58.6 Å². The van der Waals surface area contributed by atoms with E-state index < -0.39 is 4.92 Å². The van der Waals surface area contributed by atoms with Crippen LogP contribution in [0.3, 0.4) is 0 Å². The molecule has 1 aromatic heterocycles. The molecule has 6 heteroatoms. The predicted octanol–water partition coefficient (Wildman–Crippen LogP) is 3.24. The molecule has 1 N–H and O–H groups in total. The molecule has 0 bridgehead atoms. The van der Waals surface area contributed by atoms with E-state index in [9.17, 15) is 10.1 Å². The molecular formula is C14H12N4O2. The number of hydrogen-bond acceptors (Lipinski definition) is 4. The van der Waals surface area contributed by atoms with Gasteiger partial charge in [0.15, 0.2) is 0 Å². The Hall–Kier alpha value is -2.89. The first-order valence-electron chi connectivity index (χ1n) is 6.08. The molecule has 6 nitrogen and oxygen atoms in total. The molecule has 0 radical (unpaired) electrons. The fraction of sp³-hybridized carbons (Fsp3) is 0.0714. The van der Waals surface area contributed by atoms with E-state index in [4.69, 9.17) is 0 Å². The van der Waals surface area contributed by atoms with Crippen LogP contribution in [0, 0.1) is 10.1 Å². The fourth-order valence-electron chi connectivity index (χ4n) is 2.02. The van der Waals surface area contributed by atoms with Crippen LogP contribution < -0.4 is 4.90 Å². The van der Waals surface area contributed by atoms with Gasteiger partial charge in [-0.3, -0.25) is 10.1 Å². The zero-order valence-corrected chi connectivity index (χ0v) is 10.8. The van der Waals surface area contributed by atoms with Gasteiger partial charge in [0.05, 0.1) is 16.0 Å². The van der Waals surface area contributed by atoms with Gasteiger partial charge in [0.1, 0.15) is 0 Å². The number of rotatable bonds is 3. The highest BCUT2D eigenvalue weighted by Gasteiger charge is 2.11. The van der Waals surface area contributed by atoms with E-state index in [-0.39, 0.29) is 5.69 Å². The Kier molecular flexibility index (Phi) is 2.83. The highest BCUT2D eigenvalue weighted by atomic mass is 16.6. The third kappa shape index (κ3) is 2.07. The third-order valence-electron chi connectivity index (χ3n) is 3.14. The molecule has 3 aromatic rings. The molecule has 3 rings (SSSR count). The first-order chi connectivity index (χ1) is 9.65. The summed E-state index contributed by atoms with van der Waals surface area (Å²) in [5, 5.41) is 10.6. The van der Waals surface area contributed by atoms with E-state index in [1.54, 1.807) is 12.1 Å². The summed E-state index contributed by atoms with van der Waals surface area (Å²) >= 11 is 0. The van der Waals surface area contributed by atoms with Crippen LogP contribution in [0.4, 0.5) is 17.3 Å². The quantitative estimate of drug-likeness (QED) is 0.584. The Labute approximate surface area is 114 Å². The van der Waals surface area contributed by atoms with Crippen LogP contribution in [0.25, 0.3) is 11.0 Å². The van der Waals surface area contributed by atoms with Gasteiger partial charge in [-0.25, -0.2) is 4.98 Å². The monoisotopic (exact) mass is 268 g/mol. The second kappa shape index (κ2) is 4.65. The molecule has 2 aromatic carbocycles. The maximum absolute atomic E-state index is 10.6. The van der Waals surface area contributed by atoms with Crippen LogP contribution >= 0.6 is 0 Å². The van der Waals surface area contributed by atoms with Gasteiger partial charge in [-0.15, -0.1) is 0 Å². The van der Waals surface area contributed by atoms with Crippen molar-refractivity contribution in [2.75, 3.05) is 11.9 Å². The summed E-state index contributed by atoms with van der Waals surface area (Å²) in [6, 6.07) is 14.1. The number of hydrogen-bond donors (Lipinski definition) is 1. The molecule has 0 unspecified atom stereocenters. The largest absolute Gasteiger partial charge is 0.324 e. The summed E-state index contributed by atoms with van der Waals surface area (Å²) in [5.41, 5.74) is 2.74. The minimum absolute atomic E-state index is 0.0757. The molecule has 0 fully saturated rings. The Morgan fingerprint density at radius 3 is 2.50 bits per heavy atom. The van der Waals surface area contributed by atoms with Gasteiger partial charge in [0.2, 0.25) is 5.95 Å². The van der Waals surface area contributed by atoms with E-state index in [1.165, 1.54) is 12.1 Å². The summed E-state index contributed by atoms with van der Waals surface area (Å²) in [4.78, 5) is 19.8. The van der Waals surface area contributed by atoms with Crippen LogP contribution in [-0.2, 0) is 0 Å². The molecule has 0 aliphatic carbocycles. The Balaban J connectivity index is 1.94. The standard InChI is InChI=1S/C14H12N4O2/c1-17(10-6-8-11(9-7-10)18(19)20)14-15-12-4-2-3-5-13(12)16-14/h2-9H,1H3,(H,15,16). The average molecular weight is 268 g/mol. The van der Waals surface area contributed by atoms with Crippen molar-refractivity contribution in [3.63, 3.8) is 0 Å². The van der Waals surface area contributed by atoms with E-state index in [0.717, 1.165) is 16.7 Å². The molecule has 0 saturated heterocycles. The zero-order chi connectivity index (χ0) is 14.1. The molecule has 20 heavy (non-hydrogen) atoms. The maximum atomic E-state index is 10.6. The Bertz CT molecular complexity index is 731. The van der Waals surface area contributed by atoms with Gasteiger partial charge in [-0.1, -0.05) is 12.1 Å². The van der Waals surface area contributed by atoms with Crippen molar-refractivity contribution in [1.29, 1.82) is 0 Å².